The van der Waals surface area contributed by atoms with Crippen LogP contribution in [0.15, 0.2) is 54.9 Å². The van der Waals surface area contributed by atoms with Gasteiger partial charge in [0.15, 0.2) is 0 Å². The summed E-state index contributed by atoms with van der Waals surface area (Å²) in [6.07, 6.45) is 3.83. The average molecular weight is 390 g/mol. The SMILES string of the molecule is Cc1ccc(Nc2nc(C)cc(N3CCN(C(=O)Cn4cccc4)CC3)n2)cc1. The van der Waals surface area contributed by atoms with E-state index < -0.39 is 0 Å². The average Bonchev–Trinajstić information content (AvgIpc) is 3.22. The summed E-state index contributed by atoms with van der Waals surface area (Å²) in [7, 11) is 0. The molecular formula is C22H26N6O. The fourth-order valence-corrected chi connectivity index (χ4v) is 3.45. The first-order chi connectivity index (χ1) is 14.1. The first-order valence-corrected chi connectivity index (χ1v) is 9.90. The lowest BCUT2D eigenvalue weighted by atomic mass is 10.2. The van der Waals surface area contributed by atoms with Crippen LogP contribution in [0, 0.1) is 13.8 Å². The van der Waals surface area contributed by atoms with Crippen molar-refractivity contribution in [3.8, 4) is 0 Å². The number of aromatic nitrogens is 3. The summed E-state index contributed by atoms with van der Waals surface area (Å²) in [5.41, 5.74) is 3.09. The molecule has 1 aromatic carbocycles. The van der Waals surface area contributed by atoms with Gasteiger partial charge in [0.1, 0.15) is 12.4 Å². The van der Waals surface area contributed by atoms with Crippen molar-refractivity contribution < 1.29 is 4.79 Å². The number of rotatable bonds is 5. The van der Waals surface area contributed by atoms with Crippen molar-refractivity contribution in [1.29, 1.82) is 0 Å². The van der Waals surface area contributed by atoms with Crippen LogP contribution in [0.3, 0.4) is 0 Å². The van der Waals surface area contributed by atoms with Crippen LogP contribution in [-0.2, 0) is 11.3 Å². The molecule has 0 atom stereocenters. The number of hydrogen-bond acceptors (Lipinski definition) is 5. The van der Waals surface area contributed by atoms with Crippen LogP contribution in [0.4, 0.5) is 17.5 Å². The topological polar surface area (TPSA) is 66.3 Å². The molecule has 1 saturated heterocycles. The molecule has 1 aliphatic heterocycles. The third-order valence-electron chi connectivity index (χ3n) is 5.09. The maximum absolute atomic E-state index is 12.5. The summed E-state index contributed by atoms with van der Waals surface area (Å²) < 4.78 is 1.91. The molecule has 0 spiro atoms. The maximum atomic E-state index is 12.5. The molecule has 3 aromatic rings. The van der Waals surface area contributed by atoms with Gasteiger partial charge in [0.2, 0.25) is 11.9 Å². The van der Waals surface area contributed by atoms with Crippen LogP contribution in [0.2, 0.25) is 0 Å². The predicted molar refractivity (Wildman–Crippen MR) is 114 cm³/mol. The van der Waals surface area contributed by atoms with Crippen LogP contribution in [0.5, 0.6) is 0 Å². The molecule has 0 bridgehead atoms. The van der Waals surface area contributed by atoms with E-state index in [0.29, 0.717) is 25.6 Å². The summed E-state index contributed by atoms with van der Waals surface area (Å²) in [6, 6.07) is 14.0. The van der Waals surface area contributed by atoms with Crippen LogP contribution >= 0.6 is 0 Å². The second kappa shape index (κ2) is 8.34. The van der Waals surface area contributed by atoms with E-state index in [0.717, 1.165) is 30.3 Å². The molecular weight excluding hydrogens is 364 g/mol. The van der Waals surface area contributed by atoms with Crippen molar-refractivity contribution in [3.63, 3.8) is 0 Å². The highest BCUT2D eigenvalue weighted by molar-refractivity contribution is 5.76. The Bertz CT molecular complexity index is 959. The fraction of sp³-hybridized carbons (Fsp3) is 0.318. The summed E-state index contributed by atoms with van der Waals surface area (Å²) >= 11 is 0. The molecule has 2 aromatic heterocycles. The number of amides is 1. The van der Waals surface area contributed by atoms with Crippen molar-refractivity contribution in [2.24, 2.45) is 0 Å². The molecule has 150 valence electrons. The Hall–Kier alpha value is -3.35. The number of nitrogens with one attached hydrogen (secondary N) is 1. The molecule has 0 aliphatic carbocycles. The van der Waals surface area contributed by atoms with Gasteiger partial charge in [0.05, 0.1) is 0 Å². The largest absolute Gasteiger partial charge is 0.353 e. The first kappa shape index (κ1) is 19.0. The van der Waals surface area contributed by atoms with Crippen LogP contribution < -0.4 is 10.2 Å². The molecule has 1 aliphatic rings. The number of nitrogens with zero attached hydrogens (tertiary/aromatic N) is 5. The molecule has 1 N–H and O–H groups in total. The van der Waals surface area contributed by atoms with Gasteiger partial charge < -0.3 is 19.7 Å². The van der Waals surface area contributed by atoms with E-state index >= 15 is 0 Å². The highest BCUT2D eigenvalue weighted by atomic mass is 16.2. The van der Waals surface area contributed by atoms with E-state index in [1.165, 1.54) is 5.56 Å². The van der Waals surface area contributed by atoms with E-state index in [1.54, 1.807) is 0 Å². The highest BCUT2D eigenvalue weighted by Gasteiger charge is 2.22. The number of benzene rings is 1. The third kappa shape index (κ3) is 4.74. The van der Waals surface area contributed by atoms with Gasteiger partial charge in [-0.1, -0.05) is 17.7 Å². The van der Waals surface area contributed by atoms with Crippen LogP contribution in [-0.4, -0.2) is 51.5 Å². The van der Waals surface area contributed by atoms with Gasteiger partial charge in [-0.15, -0.1) is 0 Å². The molecule has 0 unspecified atom stereocenters. The Morgan fingerprint density at radius 2 is 1.69 bits per heavy atom. The van der Waals surface area contributed by atoms with Gasteiger partial charge in [-0.2, -0.15) is 4.98 Å². The molecule has 1 fully saturated rings. The van der Waals surface area contributed by atoms with Gasteiger partial charge >= 0.3 is 0 Å². The number of piperazine rings is 1. The standard InChI is InChI=1S/C22H26N6O/c1-17-5-7-19(8-6-17)24-22-23-18(2)15-20(25-22)27-11-13-28(14-12-27)21(29)16-26-9-3-4-10-26/h3-10,15H,11-14,16H2,1-2H3,(H,23,24,25). The quantitative estimate of drug-likeness (QED) is 0.726. The zero-order valence-electron chi connectivity index (χ0n) is 16.9. The molecule has 29 heavy (non-hydrogen) atoms. The fourth-order valence-electron chi connectivity index (χ4n) is 3.45. The van der Waals surface area contributed by atoms with Crippen molar-refractivity contribution in [1.82, 2.24) is 19.4 Å². The second-order valence-electron chi connectivity index (χ2n) is 7.41. The lowest BCUT2D eigenvalue weighted by molar-refractivity contribution is -0.132. The number of carbonyl (C=O) groups excluding carboxylic acids is 1. The van der Waals surface area contributed by atoms with Crippen molar-refractivity contribution in [3.05, 3.63) is 66.1 Å². The van der Waals surface area contributed by atoms with Crippen LogP contribution in [0.25, 0.3) is 0 Å². The third-order valence-corrected chi connectivity index (χ3v) is 5.09. The van der Waals surface area contributed by atoms with Crippen molar-refractivity contribution in [2.75, 3.05) is 36.4 Å². The Balaban J connectivity index is 1.39. The Kier molecular flexibility index (Phi) is 5.46. The Labute approximate surface area is 171 Å². The molecule has 7 nitrogen and oxygen atoms in total. The van der Waals surface area contributed by atoms with Gasteiger partial charge in [-0.25, -0.2) is 4.98 Å². The zero-order chi connectivity index (χ0) is 20.2. The predicted octanol–water partition coefficient (Wildman–Crippen LogP) is 2.99. The summed E-state index contributed by atoms with van der Waals surface area (Å²) in [5.74, 6) is 1.64. The number of aryl methyl sites for hydroxylation is 2. The highest BCUT2D eigenvalue weighted by Crippen LogP contribution is 2.20. The van der Waals surface area contributed by atoms with Gasteiger partial charge in [0, 0.05) is 56.0 Å². The summed E-state index contributed by atoms with van der Waals surface area (Å²) in [4.78, 5) is 25.9. The van der Waals surface area contributed by atoms with E-state index in [2.05, 4.69) is 34.3 Å². The van der Waals surface area contributed by atoms with E-state index in [4.69, 9.17) is 4.98 Å². The monoisotopic (exact) mass is 390 g/mol. The van der Waals surface area contributed by atoms with E-state index in [-0.39, 0.29) is 5.91 Å². The molecule has 0 saturated carbocycles. The molecule has 0 radical (unpaired) electrons. The molecule has 3 heterocycles. The molecule has 7 heteroatoms. The van der Waals surface area contributed by atoms with Crippen molar-refractivity contribution >= 4 is 23.4 Å². The second-order valence-corrected chi connectivity index (χ2v) is 7.41. The van der Waals surface area contributed by atoms with Gasteiger partial charge in [-0.05, 0) is 38.1 Å². The maximum Gasteiger partial charge on any atom is 0.242 e. The van der Waals surface area contributed by atoms with Gasteiger partial charge in [0.25, 0.3) is 0 Å². The smallest absolute Gasteiger partial charge is 0.242 e. The van der Waals surface area contributed by atoms with Crippen molar-refractivity contribution in [2.45, 2.75) is 20.4 Å². The minimum Gasteiger partial charge on any atom is -0.353 e. The number of carbonyl (C=O) groups is 1. The number of hydrogen-bond donors (Lipinski definition) is 1. The van der Waals surface area contributed by atoms with Gasteiger partial charge in [-0.3, -0.25) is 4.79 Å². The first-order valence-electron chi connectivity index (χ1n) is 9.90. The van der Waals surface area contributed by atoms with Crippen LogP contribution in [0.1, 0.15) is 11.3 Å². The summed E-state index contributed by atoms with van der Waals surface area (Å²) in [5, 5.41) is 3.29. The van der Waals surface area contributed by atoms with E-state index in [1.807, 2.05) is 59.1 Å². The normalized spacial score (nSPS) is 14.1. The zero-order valence-corrected chi connectivity index (χ0v) is 16.9. The summed E-state index contributed by atoms with van der Waals surface area (Å²) in [6.45, 7) is 7.35. The Morgan fingerprint density at radius 3 is 2.38 bits per heavy atom. The lowest BCUT2D eigenvalue weighted by Gasteiger charge is -2.35. The molecule has 1 amide bonds. The Morgan fingerprint density at radius 1 is 1.00 bits per heavy atom. The lowest BCUT2D eigenvalue weighted by Crippen LogP contribution is -2.49. The minimum absolute atomic E-state index is 0.154. The minimum atomic E-state index is 0.154. The number of anilines is 3. The molecule has 4 rings (SSSR count). The van der Waals surface area contributed by atoms with E-state index in [9.17, 15) is 4.79 Å².